The van der Waals surface area contributed by atoms with Gasteiger partial charge in [-0.15, -0.1) is 11.3 Å². The van der Waals surface area contributed by atoms with Crippen LogP contribution in [0.1, 0.15) is 15.2 Å². The fourth-order valence-corrected chi connectivity index (χ4v) is 3.98. The van der Waals surface area contributed by atoms with Gasteiger partial charge >= 0.3 is 5.97 Å². The van der Waals surface area contributed by atoms with Crippen LogP contribution >= 0.6 is 22.9 Å². The summed E-state index contributed by atoms with van der Waals surface area (Å²) in [5, 5.41) is 1.82. The van der Waals surface area contributed by atoms with Gasteiger partial charge in [0.15, 0.2) is 18.1 Å². The van der Waals surface area contributed by atoms with Crippen LogP contribution in [0.15, 0.2) is 53.9 Å². The first-order valence-corrected chi connectivity index (χ1v) is 10.6. The predicted octanol–water partition coefficient (Wildman–Crippen LogP) is 4.70. The molecule has 3 aromatic rings. The Balaban J connectivity index is 1.54. The Labute approximate surface area is 186 Å². The number of benzene rings is 2. The van der Waals surface area contributed by atoms with E-state index in [0.29, 0.717) is 30.4 Å². The fourth-order valence-electron chi connectivity index (χ4n) is 3.05. The zero-order chi connectivity index (χ0) is 21.8. The van der Waals surface area contributed by atoms with E-state index < -0.39 is 29.9 Å². The number of ether oxygens (including phenoxy) is 3. The molecule has 0 fully saturated rings. The Bertz CT molecular complexity index is 1090. The van der Waals surface area contributed by atoms with Crippen molar-refractivity contribution in [3.8, 4) is 11.5 Å². The van der Waals surface area contributed by atoms with Gasteiger partial charge in [-0.05, 0) is 35.7 Å². The van der Waals surface area contributed by atoms with E-state index >= 15 is 0 Å². The molecule has 1 aromatic heterocycles. The zero-order valence-electron chi connectivity index (χ0n) is 16.2. The Morgan fingerprint density at radius 3 is 2.65 bits per heavy atom. The second-order valence-electron chi connectivity index (χ2n) is 6.56. The van der Waals surface area contributed by atoms with Gasteiger partial charge in [-0.25, -0.2) is 9.18 Å². The summed E-state index contributed by atoms with van der Waals surface area (Å²) in [5.74, 6) is -1.17. The van der Waals surface area contributed by atoms with Crippen LogP contribution in [-0.2, 0) is 16.1 Å². The van der Waals surface area contributed by atoms with Crippen LogP contribution < -0.4 is 14.4 Å². The topological polar surface area (TPSA) is 65.1 Å². The van der Waals surface area contributed by atoms with Crippen molar-refractivity contribution in [2.24, 2.45) is 0 Å². The fraction of sp³-hybridized carbons (Fsp3) is 0.182. The molecule has 0 saturated heterocycles. The van der Waals surface area contributed by atoms with E-state index in [0.717, 1.165) is 10.9 Å². The van der Waals surface area contributed by atoms with Gasteiger partial charge in [0, 0.05) is 16.6 Å². The number of nitrogens with zero attached hydrogens (tertiary/aromatic N) is 1. The molecule has 2 heterocycles. The van der Waals surface area contributed by atoms with Crippen LogP contribution in [0.5, 0.6) is 11.5 Å². The molecule has 9 heteroatoms. The average molecular weight is 462 g/mol. The third kappa shape index (κ3) is 4.81. The molecule has 1 aliphatic rings. The molecule has 0 atom stereocenters. The van der Waals surface area contributed by atoms with Crippen molar-refractivity contribution in [3.63, 3.8) is 0 Å². The summed E-state index contributed by atoms with van der Waals surface area (Å²) < 4.78 is 30.2. The lowest BCUT2D eigenvalue weighted by Crippen LogP contribution is -2.34. The van der Waals surface area contributed by atoms with Crippen LogP contribution in [0, 0.1) is 5.82 Å². The molecule has 6 nitrogen and oxygen atoms in total. The Morgan fingerprint density at radius 2 is 1.90 bits per heavy atom. The molecular formula is C22H17ClFNO5S. The minimum atomic E-state index is -1.00. The highest BCUT2D eigenvalue weighted by Gasteiger charge is 2.23. The maximum atomic E-state index is 14.0. The third-order valence-electron chi connectivity index (χ3n) is 4.53. The molecular weight excluding hydrogens is 445 g/mol. The molecule has 0 radical (unpaired) electrons. The van der Waals surface area contributed by atoms with Gasteiger partial charge in [0.05, 0.1) is 11.6 Å². The number of halogens is 2. The third-order valence-corrected chi connectivity index (χ3v) is 5.70. The molecule has 0 spiro atoms. The number of fused-ring (bicyclic) bond motifs is 1. The molecule has 4 rings (SSSR count). The van der Waals surface area contributed by atoms with E-state index in [1.807, 2.05) is 17.5 Å². The molecule has 0 unspecified atom stereocenters. The van der Waals surface area contributed by atoms with Gasteiger partial charge in [-0.1, -0.05) is 23.7 Å². The zero-order valence-corrected chi connectivity index (χ0v) is 17.7. The first-order chi connectivity index (χ1) is 15.0. The summed E-state index contributed by atoms with van der Waals surface area (Å²) in [7, 11) is 0. The van der Waals surface area contributed by atoms with E-state index in [2.05, 4.69) is 0 Å². The Morgan fingerprint density at radius 1 is 1.10 bits per heavy atom. The number of esters is 1. The van der Waals surface area contributed by atoms with Crippen molar-refractivity contribution in [2.75, 3.05) is 24.7 Å². The van der Waals surface area contributed by atoms with Crippen molar-refractivity contribution < 1.29 is 28.2 Å². The van der Waals surface area contributed by atoms with Crippen LogP contribution in [0.4, 0.5) is 10.1 Å². The quantitative estimate of drug-likeness (QED) is 0.498. The standard InChI is InChI=1S/C22H17ClFNO5S/c23-16-4-1-5-17(24)21(16)22(27)30-13-20(26)25(12-15-3-2-10-31-15)14-6-7-18-19(11-14)29-9-8-28-18/h1-7,10-11H,8-9,12-13H2. The van der Waals surface area contributed by atoms with Crippen LogP contribution in [0.25, 0.3) is 0 Å². The SMILES string of the molecule is O=C(OCC(=O)N(Cc1cccs1)c1ccc2c(c1)OCCO2)c1c(F)cccc1Cl. The van der Waals surface area contributed by atoms with Gasteiger partial charge < -0.3 is 19.1 Å². The summed E-state index contributed by atoms with van der Waals surface area (Å²) in [6.07, 6.45) is 0. The van der Waals surface area contributed by atoms with E-state index in [1.165, 1.54) is 28.4 Å². The molecule has 0 saturated carbocycles. The van der Waals surface area contributed by atoms with Gasteiger partial charge in [0.1, 0.15) is 24.6 Å². The van der Waals surface area contributed by atoms with E-state index in [-0.39, 0.29) is 11.6 Å². The number of rotatable bonds is 6. The number of hydrogen-bond donors (Lipinski definition) is 0. The van der Waals surface area contributed by atoms with Gasteiger partial charge in [-0.2, -0.15) is 0 Å². The first kappa shape index (κ1) is 21.1. The summed E-state index contributed by atoms with van der Waals surface area (Å²) in [6, 6.07) is 12.8. The highest BCUT2D eigenvalue weighted by atomic mass is 35.5. The lowest BCUT2D eigenvalue weighted by Gasteiger charge is -2.25. The minimum absolute atomic E-state index is 0.0836. The van der Waals surface area contributed by atoms with Gasteiger partial charge in [0.25, 0.3) is 5.91 Å². The second-order valence-corrected chi connectivity index (χ2v) is 8.00. The van der Waals surface area contributed by atoms with E-state index in [1.54, 1.807) is 18.2 Å². The molecule has 1 amide bonds. The van der Waals surface area contributed by atoms with E-state index in [9.17, 15) is 14.0 Å². The maximum absolute atomic E-state index is 14.0. The van der Waals surface area contributed by atoms with Gasteiger partial charge in [-0.3, -0.25) is 4.79 Å². The Hall–Kier alpha value is -3.10. The maximum Gasteiger partial charge on any atom is 0.343 e. The normalized spacial score (nSPS) is 12.3. The monoisotopic (exact) mass is 461 g/mol. The van der Waals surface area contributed by atoms with Crippen LogP contribution in [0.2, 0.25) is 5.02 Å². The minimum Gasteiger partial charge on any atom is -0.486 e. The van der Waals surface area contributed by atoms with Crippen molar-refractivity contribution in [1.29, 1.82) is 0 Å². The van der Waals surface area contributed by atoms with Crippen LogP contribution in [-0.4, -0.2) is 31.7 Å². The van der Waals surface area contributed by atoms with Gasteiger partial charge in [0.2, 0.25) is 0 Å². The second kappa shape index (κ2) is 9.36. The number of thiophene rings is 1. The number of amides is 1. The highest BCUT2D eigenvalue weighted by molar-refractivity contribution is 7.09. The smallest absolute Gasteiger partial charge is 0.343 e. The molecule has 0 bridgehead atoms. The lowest BCUT2D eigenvalue weighted by molar-refractivity contribution is -0.121. The number of carbonyl (C=O) groups excluding carboxylic acids is 2. The van der Waals surface area contributed by atoms with Crippen LogP contribution in [0.3, 0.4) is 0 Å². The molecule has 160 valence electrons. The highest BCUT2D eigenvalue weighted by Crippen LogP contribution is 2.34. The van der Waals surface area contributed by atoms with Crippen molar-refractivity contribution >= 4 is 40.5 Å². The van der Waals surface area contributed by atoms with E-state index in [4.69, 9.17) is 25.8 Å². The number of anilines is 1. The summed E-state index contributed by atoms with van der Waals surface area (Å²) in [4.78, 5) is 27.7. The van der Waals surface area contributed by atoms with Crippen molar-refractivity contribution in [1.82, 2.24) is 0 Å². The predicted molar refractivity (Wildman–Crippen MR) is 115 cm³/mol. The molecule has 2 aromatic carbocycles. The summed E-state index contributed by atoms with van der Waals surface area (Å²) >= 11 is 7.39. The molecule has 0 N–H and O–H groups in total. The largest absolute Gasteiger partial charge is 0.486 e. The van der Waals surface area contributed by atoms with Crippen molar-refractivity contribution in [3.05, 3.63) is 75.2 Å². The Kier molecular flexibility index (Phi) is 6.39. The summed E-state index contributed by atoms with van der Waals surface area (Å²) in [6.45, 7) is 0.562. The average Bonchev–Trinajstić information content (AvgIpc) is 3.29. The number of carbonyl (C=O) groups is 2. The molecule has 0 aliphatic carbocycles. The molecule has 31 heavy (non-hydrogen) atoms. The van der Waals surface area contributed by atoms with Crippen molar-refractivity contribution in [2.45, 2.75) is 6.54 Å². The number of hydrogen-bond acceptors (Lipinski definition) is 6. The molecule has 1 aliphatic heterocycles. The lowest BCUT2D eigenvalue weighted by atomic mass is 10.2. The first-order valence-electron chi connectivity index (χ1n) is 9.36. The summed E-state index contributed by atoms with van der Waals surface area (Å²) in [5.41, 5.74) is 0.156.